The number of carbonyl (C=O) groups excluding carboxylic acids is 2. The van der Waals surface area contributed by atoms with Crippen LogP contribution in [0.3, 0.4) is 0 Å². The largest absolute Gasteiger partial charge is 0.471 e. The summed E-state index contributed by atoms with van der Waals surface area (Å²) >= 11 is 0. The lowest BCUT2D eigenvalue weighted by Crippen LogP contribution is -2.27. The molecule has 27 heavy (non-hydrogen) atoms. The fourth-order valence-electron chi connectivity index (χ4n) is 3.58. The molecule has 1 fully saturated rings. The summed E-state index contributed by atoms with van der Waals surface area (Å²) in [6.45, 7) is 2.03. The van der Waals surface area contributed by atoms with E-state index in [1.54, 1.807) is 0 Å². The lowest BCUT2D eigenvalue weighted by atomic mass is 10.1. The zero-order valence-electron chi connectivity index (χ0n) is 15.3. The van der Waals surface area contributed by atoms with Crippen LogP contribution >= 0.6 is 0 Å². The van der Waals surface area contributed by atoms with E-state index < -0.39 is 0 Å². The molecular weight excluding hydrogens is 344 g/mol. The summed E-state index contributed by atoms with van der Waals surface area (Å²) in [5.74, 6) is 0.506. The van der Waals surface area contributed by atoms with Crippen LogP contribution in [0.2, 0.25) is 0 Å². The minimum absolute atomic E-state index is 0.0671. The summed E-state index contributed by atoms with van der Waals surface area (Å²) in [6, 6.07) is 13.4. The van der Waals surface area contributed by atoms with Crippen LogP contribution in [0.1, 0.15) is 28.8 Å². The molecular formula is C21H22N2O4. The van der Waals surface area contributed by atoms with Gasteiger partial charge in [-0.2, -0.15) is 0 Å². The molecule has 0 aromatic heterocycles. The number of nitrogens with zero attached hydrogens (tertiary/aromatic N) is 2. The predicted molar refractivity (Wildman–Crippen MR) is 101 cm³/mol. The fourth-order valence-corrected chi connectivity index (χ4v) is 3.58. The summed E-state index contributed by atoms with van der Waals surface area (Å²) in [4.78, 5) is 28.0. The van der Waals surface area contributed by atoms with E-state index in [0.717, 1.165) is 42.9 Å². The number of hydrogen-bond donors (Lipinski definition) is 0. The minimum atomic E-state index is -0.268. The number of hydrogen-bond acceptors (Lipinski definition) is 5. The molecule has 140 valence electrons. The molecule has 0 aliphatic carbocycles. The molecule has 0 N–H and O–H groups in total. The van der Waals surface area contributed by atoms with Gasteiger partial charge in [-0.3, -0.25) is 9.59 Å². The average molecular weight is 366 g/mol. The quantitative estimate of drug-likeness (QED) is 0.778. The number of amides is 1. The molecule has 0 bridgehead atoms. The van der Waals surface area contributed by atoms with E-state index in [-0.39, 0.29) is 18.3 Å². The number of carbonyl (C=O) groups is 2. The maximum Gasteiger partial charge on any atom is 0.309 e. The Morgan fingerprint density at radius 3 is 2.70 bits per heavy atom. The number of anilines is 2. The second-order valence-corrected chi connectivity index (χ2v) is 6.81. The summed E-state index contributed by atoms with van der Waals surface area (Å²) in [6.07, 6.45) is 2.38. The second kappa shape index (κ2) is 7.31. The second-order valence-electron chi connectivity index (χ2n) is 6.81. The SMILES string of the molecule is COC(=O)Cc1cccc(N2COc3cc(C(=O)N4CCCC4)ccc32)c1. The molecule has 1 amide bonds. The lowest BCUT2D eigenvalue weighted by molar-refractivity contribution is -0.139. The first kappa shape index (κ1) is 17.4. The van der Waals surface area contributed by atoms with Gasteiger partial charge in [0.2, 0.25) is 0 Å². The summed E-state index contributed by atoms with van der Waals surface area (Å²) < 4.78 is 10.6. The van der Waals surface area contributed by atoms with E-state index in [0.29, 0.717) is 18.0 Å². The highest BCUT2D eigenvalue weighted by Crippen LogP contribution is 2.39. The van der Waals surface area contributed by atoms with Gasteiger partial charge in [0.05, 0.1) is 19.2 Å². The van der Waals surface area contributed by atoms with Crippen molar-refractivity contribution in [2.45, 2.75) is 19.3 Å². The Balaban J connectivity index is 1.56. The van der Waals surface area contributed by atoms with Crippen LogP contribution in [0.25, 0.3) is 0 Å². The van der Waals surface area contributed by atoms with Crippen LogP contribution in [0, 0.1) is 0 Å². The number of rotatable bonds is 4. The third-order valence-electron chi connectivity index (χ3n) is 5.04. The van der Waals surface area contributed by atoms with Crippen molar-refractivity contribution < 1.29 is 19.1 Å². The van der Waals surface area contributed by atoms with Crippen molar-refractivity contribution in [3.63, 3.8) is 0 Å². The highest BCUT2D eigenvalue weighted by Gasteiger charge is 2.26. The van der Waals surface area contributed by atoms with Gasteiger partial charge in [-0.25, -0.2) is 0 Å². The number of likely N-dealkylation sites (tertiary alicyclic amines) is 1. The van der Waals surface area contributed by atoms with Crippen molar-refractivity contribution in [1.82, 2.24) is 4.90 Å². The predicted octanol–water partition coefficient (Wildman–Crippen LogP) is 3.13. The van der Waals surface area contributed by atoms with Crippen molar-refractivity contribution in [3.8, 4) is 5.75 Å². The van der Waals surface area contributed by atoms with Crippen molar-refractivity contribution in [1.29, 1.82) is 0 Å². The van der Waals surface area contributed by atoms with Gasteiger partial charge >= 0.3 is 5.97 Å². The van der Waals surface area contributed by atoms with Gasteiger partial charge in [-0.15, -0.1) is 0 Å². The van der Waals surface area contributed by atoms with Crippen molar-refractivity contribution in [3.05, 3.63) is 53.6 Å². The molecule has 2 aromatic carbocycles. The summed E-state index contributed by atoms with van der Waals surface area (Å²) in [7, 11) is 1.39. The zero-order chi connectivity index (χ0) is 18.8. The standard InChI is InChI=1S/C21H22N2O4/c1-26-20(24)12-15-5-4-6-17(11-15)23-14-27-19-13-16(7-8-18(19)23)21(25)22-9-2-3-10-22/h4-8,11,13H,2-3,9-10,12,14H2,1H3. The molecule has 0 saturated carbocycles. The molecule has 1 saturated heterocycles. The Morgan fingerprint density at radius 1 is 1.11 bits per heavy atom. The normalized spacial score (nSPS) is 15.4. The number of esters is 1. The Morgan fingerprint density at radius 2 is 1.93 bits per heavy atom. The van der Waals surface area contributed by atoms with Crippen LogP contribution in [-0.4, -0.2) is 43.7 Å². The smallest absolute Gasteiger partial charge is 0.309 e. The van der Waals surface area contributed by atoms with E-state index in [1.165, 1.54) is 7.11 Å². The van der Waals surface area contributed by atoms with Gasteiger partial charge in [0.15, 0.2) is 6.73 Å². The molecule has 0 unspecified atom stereocenters. The first-order valence-electron chi connectivity index (χ1n) is 9.15. The van der Waals surface area contributed by atoms with Crippen molar-refractivity contribution in [2.24, 2.45) is 0 Å². The van der Waals surface area contributed by atoms with Gasteiger partial charge < -0.3 is 19.3 Å². The molecule has 6 nitrogen and oxygen atoms in total. The molecule has 0 atom stereocenters. The van der Waals surface area contributed by atoms with E-state index in [2.05, 4.69) is 0 Å². The van der Waals surface area contributed by atoms with Gasteiger partial charge in [0, 0.05) is 24.3 Å². The maximum atomic E-state index is 12.6. The first-order valence-corrected chi connectivity index (χ1v) is 9.15. The molecule has 6 heteroatoms. The third-order valence-corrected chi connectivity index (χ3v) is 5.04. The van der Waals surface area contributed by atoms with Gasteiger partial charge in [0.1, 0.15) is 5.75 Å². The fraction of sp³-hybridized carbons (Fsp3) is 0.333. The van der Waals surface area contributed by atoms with E-state index in [4.69, 9.17) is 9.47 Å². The van der Waals surface area contributed by atoms with E-state index in [1.807, 2.05) is 52.3 Å². The van der Waals surface area contributed by atoms with E-state index in [9.17, 15) is 9.59 Å². The minimum Gasteiger partial charge on any atom is -0.471 e. The molecule has 2 heterocycles. The van der Waals surface area contributed by atoms with Crippen LogP contribution in [0.15, 0.2) is 42.5 Å². The number of benzene rings is 2. The van der Waals surface area contributed by atoms with Crippen molar-refractivity contribution in [2.75, 3.05) is 31.8 Å². The van der Waals surface area contributed by atoms with E-state index >= 15 is 0 Å². The number of ether oxygens (including phenoxy) is 2. The molecule has 4 rings (SSSR count). The van der Waals surface area contributed by atoms with Gasteiger partial charge in [0.25, 0.3) is 5.91 Å². The van der Waals surface area contributed by atoms with Crippen LogP contribution in [0.4, 0.5) is 11.4 Å². The summed E-state index contributed by atoms with van der Waals surface area (Å²) in [5.41, 5.74) is 3.41. The zero-order valence-corrected chi connectivity index (χ0v) is 15.3. The first-order chi connectivity index (χ1) is 13.2. The number of fused-ring (bicyclic) bond motifs is 1. The Labute approximate surface area is 158 Å². The molecule has 2 aliphatic heterocycles. The highest BCUT2D eigenvalue weighted by atomic mass is 16.5. The average Bonchev–Trinajstić information content (AvgIpc) is 3.37. The Hall–Kier alpha value is -3.02. The van der Waals surface area contributed by atoms with Gasteiger partial charge in [-0.1, -0.05) is 12.1 Å². The molecule has 0 spiro atoms. The monoisotopic (exact) mass is 366 g/mol. The van der Waals surface area contributed by atoms with Crippen LogP contribution in [-0.2, 0) is 16.0 Å². The number of methoxy groups -OCH3 is 1. The third kappa shape index (κ3) is 3.47. The van der Waals surface area contributed by atoms with Crippen LogP contribution < -0.4 is 9.64 Å². The molecule has 2 aliphatic rings. The van der Waals surface area contributed by atoms with Gasteiger partial charge in [-0.05, 0) is 48.7 Å². The maximum absolute atomic E-state index is 12.6. The summed E-state index contributed by atoms with van der Waals surface area (Å²) in [5, 5.41) is 0. The lowest BCUT2D eigenvalue weighted by Gasteiger charge is -2.18. The van der Waals surface area contributed by atoms with Crippen LogP contribution in [0.5, 0.6) is 5.75 Å². The van der Waals surface area contributed by atoms with Crippen molar-refractivity contribution >= 4 is 23.3 Å². The molecule has 0 radical (unpaired) electrons. The Bertz CT molecular complexity index is 874. The Kier molecular flexibility index (Phi) is 4.71. The highest BCUT2D eigenvalue weighted by molar-refractivity contribution is 5.96. The molecule has 2 aromatic rings. The topological polar surface area (TPSA) is 59.1 Å².